The summed E-state index contributed by atoms with van der Waals surface area (Å²) in [7, 11) is 0. The Balaban J connectivity index is 3.33. The van der Waals surface area contributed by atoms with E-state index in [2.05, 4.69) is 0 Å². The van der Waals surface area contributed by atoms with Crippen molar-refractivity contribution in [3.8, 4) is 24.3 Å². The molecule has 1 aliphatic rings. The number of aliphatic hydroxyl groups is 1. The molecular weight excluding hydrogens is 180 g/mol. The molecule has 1 rings (SSSR count). The Labute approximate surface area is 79.6 Å². The fraction of sp³-hybridized carbons (Fsp3) is 0.111. The van der Waals surface area contributed by atoms with Gasteiger partial charge in [-0.25, -0.2) is 0 Å². The minimum atomic E-state index is -1.11. The van der Waals surface area contributed by atoms with Crippen molar-refractivity contribution in [1.82, 2.24) is 0 Å². The van der Waals surface area contributed by atoms with E-state index < -0.39 is 6.10 Å². The highest BCUT2D eigenvalue weighted by molar-refractivity contribution is 5.72. The number of hydrogen-bond acceptors (Lipinski definition) is 5. The van der Waals surface area contributed by atoms with Crippen LogP contribution in [0.3, 0.4) is 0 Å². The van der Waals surface area contributed by atoms with Gasteiger partial charge in [0.1, 0.15) is 41.5 Å². The fourth-order valence-electron chi connectivity index (χ4n) is 1.04. The highest BCUT2D eigenvalue weighted by atomic mass is 16.3. The molecule has 1 N–H and O–H groups in total. The topological polar surface area (TPSA) is 115 Å². The lowest BCUT2D eigenvalue weighted by atomic mass is 10.2. The number of nitriles is 4. The summed E-state index contributed by atoms with van der Waals surface area (Å²) < 4.78 is 0. The van der Waals surface area contributed by atoms with Gasteiger partial charge in [0.05, 0.1) is 0 Å². The zero-order valence-electron chi connectivity index (χ0n) is 6.81. The fourth-order valence-corrected chi connectivity index (χ4v) is 1.04. The van der Waals surface area contributed by atoms with Gasteiger partial charge >= 0.3 is 0 Å². The van der Waals surface area contributed by atoms with E-state index in [0.29, 0.717) is 0 Å². The molecule has 0 aromatic rings. The standard InChI is InChI=1S/C9H2N4O/c10-1-5(2-11)7-8(9(7)14)6(3-12)4-13/h9,14H. The van der Waals surface area contributed by atoms with E-state index in [1.165, 1.54) is 0 Å². The van der Waals surface area contributed by atoms with E-state index in [-0.39, 0.29) is 22.3 Å². The van der Waals surface area contributed by atoms with Gasteiger partial charge in [0.25, 0.3) is 0 Å². The summed E-state index contributed by atoms with van der Waals surface area (Å²) in [6.45, 7) is 0. The van der Waals surface area contributed by atoms with Crippen LogP contribution in [0.15, 0.2) is 22.3 Å². The molecule has 0 radical (unpaired) electrons. The van der Waals surface area contributed by atoms with Crippen molar-refractivity contribution in [2.45, 2.75) is 6.10 Å². The van der Waals surface area contributed by atoms with Crippen LogP contribution in [0.2, 0.25) is 0 Å². The molecule has 5 heteroatoms. The maximum Gasteiger partial charge on any atom is 0.136 e. The summed E-state index contributed by atoms with van der Waals surface area (Å²) >= 11 is 0. The second-order valence-electron chi connectivity index (χ2n) is 2.43. The minimum absolute atomic E-state index is 0.0908. The molecule has 0 atom stereocenters. The molecule has 0 aromatic carbocycles. The first-order chi connectivity index (χ1) is 6.71. The Morgan fingerprint density at radius 3 is 1.36 bits per heavy atom. The van der Waals surface area contributed by atoms with Crippen molar-refractivity contribution >= 4 is 0 Å². The smallest absolute Gasteiger partial charge is 0.136 e. The van der Waals surface area contributed by atoms with Crippen molar-refractivity contribution in [3.05, 3.63) is 22.3 Å². The predicted molar refractivity (Wildman–Crippen MR) is 42.5 cm³/mol. The zero-order valence-corrected chi connectivity index (χ0v) is 6.81. The van der Waals surface area contributed by atoms with Gasteiger partial charge in [0.2, 0.25) is 0 Å². The van der Waals surface area contributed by atoms with Gasteiger partial charge in [-0.1, -0.05) is 0 Å². The Bertz CT molecular complexity index is 433. The zero-order chi connectivity index (χ0) is 10.7. The molecule has 0 heterocycles. The van der Waals surface area contributed by atoms with Crippen LogP contribution in [-0.2, 0) is 0 Å². The Morgan fingerprint density at radius 2 is 1.14 bits per heavy atom. The lowest BCUT2D eigenvalue weighted by Gasteiger charge is -1.74. The molecule has 0 spiro atoms. The van der Waals surface area contributed by atoms with Gasteiger partial charge < -0.3 is 5.11 Å². The predicted octanol–water partition coefficient (Wildman–Crippen LogP) is 0.0484. The van der Waals surface area contributed by atoms with Crippen LogP contribution in [0.25, 0.3) is 0 Å². The molecule has 0 unspecified atom stereocenters. The van der Waals surface area contributed by atoms with Crippen molar-refractivity contribution in [2.24, 2.45) is 0 Å². The van der Waals surface area contributed by atoms with E-state index >= 15 is 0 Å². The van der Waals surface area contributed by atoms with Crippen molar-refractivity contribution < 1.29 is 5.11 Å². The van der Waals surface area contributed by atoms with Crippen LogP contribution in [0.5, 0.6) is 0 Å². The summed E-state index contributed by atoms with van der Waals surface area (Å²) in [5.41, 5.74) is -0.327. The van der Waals surface area contributed by atoms with E-state index in [0.717, 1.165) is 0 Å². The third kappa shape index (κ3) is 1.21. The maximum absolute atomic E-state index is 9.23. The van der Waals surface area contributed by atoms with Crippen LogP contribution < -0.4 is 0 Å². The molecule has 0 amide bonds. The van der Waals surface area contributed by atoms with E-state index in [9.17, 15) is 5.11 Å². The van der Waals surface area contributed by atoms with Gasteiger partial charge in [-0.2, -0.15) is 21.0 Å². The number of rotatable bonds is 0. The van der Waals surface area contributed by atoms with Crippen molar-refractivity contribution in [3.63, 3.8) is 0 Å². The summed E-state index contributed by atoms with van der Waals surface area (Å²) in [6, 6.07) is 6.33. The third-order valence-corrected chi connectivity index (χ3v) is 1.74. The third-order valence-electron chi connectivity index (χ3n) is 1.74. The van der Waals surface area contributed by atoms with Crippen LogP contribution in [0.4, 0.5) is 0 Å². The molecule has 1 aliphatic carbocycles. The Kier molecular flexibility index (Phi) is 2.32. The molecule has 5 nitrogen and oxygen atoms in total. The highest BCUT2D eigenvalue weighted by Crippen LogP contribution is 2.41. The molecule has 0 saturated heterocycles. The second kappa shape index (κ2) is 3.42. The average Bonchev–Trinajstić information content (AvgIpc) is 2.83. The quantitative estimate of drug-likeness (QED) is 0.531. The molecule has 14 heavy (non-hydrogen) atoms. The molecule has 0 aromatic heterocycles. The number of hydrogen-bond donors (Lipinski definition) is 1. The largest absolute Gasteiger partial charge is 0.383 e. The van der Waals surface area contributed by atoms with Gasteiger partial charge in [-0.3, -0.25) is 0 Å². The van der Waals surface area contributed by atoms with Crippen LogP contribution in [0.1, 0.15) is 0 Å². The summed E-state index contributed by atoms with van der Waals surface area (Å²) in [6.07, 6.45) is -1.11. The van der Waals surface area contributed by atoms with Crippen LogP contribution in [-0.4, -0.2) is 11.2 Å². The lowest BCUT2D eigenvalue weighted by Crippen LogP contribution is -1.78. The van der Waals surface area contributed by atoms with E-state index in [1.54, 1.807) is 24.3 Å². The summed E-state index contributed by atoms with van der Waals surface area (Å²) in [4.78, 5) is 0. The number of allylic oxidation sites excluding steroid dienone is 2. The first-order valence-corrected chi connectivity index (χ1v) is 3.48. The first kappa shape index (κ1) is 9.49. The summed E-state index contributed by atoms with van der Waals surface area (Å²) in [5, 5.41) is 43.1. The average molecular weight is 182 g/mol. The molecular formula is C9H2N4O. The van der Waals surface area contributed by atoms with Gasteiger partial charge in [0.15, 0.2) is 0 Å². The second-order valence-corrected chi connectivity index (χ2v) is 2.43. The number of aliphatic hydroxyl groups excluding tert-OH is 1. The maximum atomic E-state index is 9.23. The lowest BCUT2D eigenvalue weighted by molar-refractivity contribution is 0.305. The van der Waals surface area contributed by atoms with Crippen molar-refractivity contribution in [1.29, 1.82) is 21.0 Å². The van der Waals surface area contributed by atoms with Gasteiger partial charge in [-0.15, -0.1) is 0 Å². The Hall–Kier alpha value is -2.60. The van der Waals surface area contributed by atoms with Gasteiger partial charge in [-0.05, 0) is 0 Å². The summed E-state index contributed by atoms with van der Waals surface area (Å²) in [5.74, 6) is 0. The van der Waals surface area contributed by atoms with Crippen molar-refractivity contribution in [2.75, 3.05) is 0 Å². The minimum Gasteiger partial charge on any atom is -0.383 e. The molecule has 0 aliphatic heterocycles. The molecule has 64 valence electrons. The van der Waals surface area contributed by atoms with Gasteiger partial charge in [0, 0.05) is 11.1 Å². The highest BCUT2D eigenvalue weighted by Gasteiger charge is 2.42. The monoisotopic (exact) mass is 182 g/mol. The SMILES string of the molecule is N#CC(C#N)=C1C(=C(C#N)C#N)C1O. The van der Waals surface area contributed by atoms with Crippen LogP contribution in [0, 0.1) is 45.3 Å². The first-order valence-electron chi connectivity index (χ1n) is 3.48. The van der Waals surface area contributed by atoms with E-state index in [1.807, 2.05) is 0 Å². The molecule has 1 saturated carbocycles. The van der Waals surface area contributed by atoms with Crippen LogP contribution >= 0.6 is 0 Å². The normalized spacial score (nSPS) is 17.1. The number of nitrogens with zero attached hydrogens (tertiary/aromatic N) is 4. The van der Waals surface area contributed by atoms with E-state index in [4.69, 9.17) is 21.0 Å². The Morgan fingerprint density at radius 1 is 0.857 bits per heavy atom. The molecule has 0 bridgehead atoms. The molecule has 1 fully saturated rings.